The van der Waals surface area contributed by atoms with E-state index < -0.39 is 0 Å². The van der Waals surface area contributed by atoms with Gasteiger partial charge in [0.25, 0.3) is 5.91 Å². The molecule has 5 rings (SSSR count). The molecule has 148 valence electrons. The summed E-state index contributed by atoms with van der Waals surface area (Å²) in [5.74, 6) is 0.298. The van der Waals surface area contributed by atoms with Gasteiger partial charge in [0.15, 0.2) is 10.8 Å². The van der Waals surface area contributed by atoms with Crippen molar-refractivity contribution in [1.29, 1.82) is 0 Å². The number of aromatic nitrogens is 4. The van der Waals surface area contributed by atoms with Crippen LogP contribution >= 0.6 is 22.7 Å². The van der Waals surface area contributed by atoms with Crippen LogP contribution in [-0.2, 0) is 7.05 Å². The molecule has 1 aliphatic rings. The second-order valence-electron chi connectivity index (χ2n) is 7.60. The SMILES string of the molecule is Cc1cc(-c2csc(NC(=O)c3cc(C4CC4)nc4c3c(C)nn4C)n2)c(C)s1. The summed E-state index contributed by atoms with van der Waals surface area (Å²) < 4.78 is 1.76. The predicted octanol–water partition coefficient (Wildman–Crippen LogP) is 5.21. The first kappa shape index (κ1) is 18.4. The molecular formula is C21H21N5OS2. The molecule has 4 heterocycles. The number of pyridine rings is 1. The highest BCUT2D eigenvalue weighted by atomic mass is 32.1. The number of hydrogen-bond donors (Lipinski definition) is 1. The summed E-state index contributed by atoms with van der Waals surface area (Å²) in [5, 5.41) is 10.9. The average molecular weight is 424 g/mol. The third kappa shape index (κ3) is 3.26. The summed E-state index contributed by atoms with van der Waals surface area (Å²) in [7, 11) is 1.87. The van der Waals surface area contributed by atoms with E-state index in [4.69, 9.17) is 4.98 Å². The van der Waals surface area contributed by atoms with E-state index in [1.165, 1.54) is 21.1 Å². The highest BCUT2D eigenvalue weighted by Gasteiger charge is 2.28. The van der Waals surface area contributed by atoms with Crippen LogP contribution in [0.5, 0.6) is 0 Å². The molecule has 0 bridgehead atoms. The zero-order chi connectivity index (χ0) is 20.3. The van der Waals surface area contributed by atoms with E-state index in [-0.39, 0.29) is 5.91 Å². The lowest BCUT2D eigenvalue weighted by atomic mass is 10.1. The number of carbonyl (C=O) groups excluding carboxylic acids is 1. The maximum absolute atomic E-state index is 13.2. The summed E-state index contributed by atoms with van der Waals surface area (Å²) in [6, 6.07) is 4.08. The topological polar surface area (TPSA) is 72.7 Å². The second kappa shape index (κ2) is 6.74. The van der Waals surface area contributed by atoms with Gasteiger partial charge in [0.2, 0.25) is 0 Å². The highest BCUT2D eigenvalue weighted by molar-refractivity contribution is 7.14. The molecule has 1 fully saturated rings. The third-order valence-electron chi connectivity index (χ3n) is 5.27. The minimum absolute atomic E-state index is 0.158. The average Bonchev–Trinajstić information content (AvgIpc) is 3.25. The molecule has 1 N–H and O–H groups in total. The minimum Gasteiger partial charge on any atom is -0.298 e. The van der Waals surface area contributed by atoms with Gasteiger partial charge >= 0.3 is 0 Å². The lowest BCUT2D eigenvalue weighted by molar-refractivity contribution is 0.102. The van der Waals surface area contributed by atoms with E-state index in [0.29, 0.717) is 16.6 Å². The monoisotopic (exact) mass is 423 g/mol. The smallest absolute Gasteiger partial charge is 0.258 e. The van der Waals surface area contributed by atoms with Gasteiger partial charge in [0.1, 0.15) is 0 Å². The van der Waals surface area contributed by atoms with Crippen LogP contribution in [0.2, 0.25) is 0 Å². The Hall–Kier alpha value is -2.58. The van der Waals surface area contributed by atoms with Crippen molar-refractivity contribution < 1.29 is 4.79 Å². The molecule has 0 aromatic carbocycles. The standard InChI is InChI=1S/C21H21N5OS2/c1-10-7-14(12(3)29-10)17-9-28-21(23-17)24-20(27)15-8-16(13-5-6-13)22-19-18(15)11(2)25-26(19)4/h7-9,13H,5-6H2,1-4H3,(H,23,24,27). The van der Waals surface area contributed by atoms with Crippen molar-refractivity contribution >= 4 is 44.7 Å². The second-order valence-corrected chi connectivity index (χ2v) is 9.91. The molecule has 0 unspecified atom stereocenters. The summed E-state index contributed by atoms with van der Waals surface area (Å²) >= 11 is 3.21. The molecule has 1 amide bonds. The van der Waals surface area contributed by atoms with E-state index in [1.807, 2.05) is 25.4 Å². The van der Waals surface area contributed by atoms with Crippen LogP contribution in [-0.4, -0.2) is 25.7 Å². The number of aryl methyl sites for hydroxylation is 4. The normalized spacial score (nSPS) is 13.9. The van der Waals surface area contributed by atoms with Gasteiger partial charge in [0, 0.05) is 39.4 Å². The van der Waals surface area contributed by atoms with E-state index in [1.54, 1.807) is 16.0 Å². The van der Waals surface area contributed by atoms with Crippen LogP contribution in [0.15, 0.2) is 17.5 Å². The van der Waals surface area contributed by atoms with Gasteiger partial charge in [-0.3, -0.25) is 14.8 Å². The quantitative estimate of drug-likeness (QED) is 0.489. The van der Waals surface area contributed by atoms with Crippen LogP contribution in [0.4, 0.5) is 5.13 Å². The van der Waals surface area contributed by atoms with Crippen molar-refractivity contribution in [2.45, 2.75) is 39.5 Å². The molecule has 6 nitrogen and oxygen atoms in total. The summed E-state index contributed by atoms with van der Waals surface area (Å²) in [6.45, 7) is 6.11. The van der Waals surface area contributed by atoms with Crippen molar-refractivity contribution in [2.75, 3.05) is 5.32 Å². The van der Waals surface area contributed by atoms with Gasteiger partial charge in [-0.2, -0.15) is 5.10 Å². The Bertz CT molecular complexity index is 1260. The molecule has 4 aromatic heterocycles. The fourth-order valence-electron chi connectivity index (χ4n) is 3.74. The molecule has 4 aromatic rings. The van der Waals surface area contributed by atoms with Crippen LogP contribution < -0.4 is 5.32 Å². The number of thiazole rings is 1. The molecule has 8 heteroatoms. The fourth-order valence-corrected chi connectivity index (χ4v) is 5.37. The molecule has 0 atom stereocenters. The number of carbonyl (C=O) groups is 1. The van der Waals surface area contributed by atoms with E-state index in [9.17, 15) is 4.79 Å². The highest BCUT2D eigenvalue weighted by Crippen LogP contribution is 2.40. The first-order valence-corrected chi connectivity index (χ1v) is 11.3. The maximum Gasteiger partial charge on any atom is 0.258 e. The Kier molecular flexibility index (Phi) is 4.29. The fraction of sp³-hybridized carbons (Fsp3) is 0.333. The van der Waals surface area contributed by atoms with Gasteiger partial charge in [-0.15, -0.1) is 22.7 Å². The maximum atomic E-state index is 13.2. The van der Waals surface area contributed by atoms with Gasteiger partial charge in [-0.1, -0.05) is 0 Å². The van der Waals surface area contributed by atoms with Crippen molar-refractivity contribution in [3.63, 3.8) is 0 Å². The number of anilines is 1. The van der Waals surface area contributed by atoms with E-state index in [2.05, 4.69) is 35.3 Å². The van der Waals surface area contributed by atoms with Crippen molar-refractivity contribution in [1.82, 2.24) is 19.7 Å². The third-order valence-corrected chi connectivity index (χ3v) is 6.99. The van der Waals surface area contributed by atoms with Crippen LogP contribution in [0.1, 0.15) is 50.3 Å². The Labute approximate surface area is 176 Å². The van der Waals surface area contributed by atoms with E-state index >= 15 is 0 Å². The first-order chi connectivity index (χ1) is 13.9. The Balaban J connectivity index is 1.50. The Morgan fingerprint density at radius 2 is 2.00 bits per heavy atom. The number of amides is 1. The van der Waals surface area contributed by atoms with Crippen molar-refractivity contribution in [3.05, 3.63) is 44.2 Å². The molecule has 1 aliphatic carbocycles. The van der Waals surface area contributed by atoms with Crippen LogP contribution in [0.25, 0.3) is 22.3 Å². The lowest BCUT2D eigenvalue weighted by Gasteiger charge is -2.07. The number of rotatable bonds is 4. The molecule has 0 spiro atoms. The zero-order valence-electron chi connectivity index (χ0n) is 16.7. The molecule has 0 radical (unpaired) electrons. The number of hydrogen-bond acceptors (Lipinski definition) is 6. The molecule has 0 saturated heterocycles. The zero-order valence-corrected chi connectivity index (χ0v) is 18.4. The van der Waals surface area contributed by atoms with Crippen molar-refractivity contribution in [2.24, 2.45) is 7.05 Å². The summed E-state index contributed by atoms with van der Waals surface area (Å²) in [5.41, 5.74) is 5.22. The van der Waals surface area contributed by atoms with Crippen LogP contribution in [0, 0.1) is 20.8 Å². The molecule has 1 saturated carbocycles. The summed E-state index contributed by atoms with van der Waals surface area (Å²) in [6.07, 6.45) is 2.26. The van der Waals surface area contributed by atoms with Crippen LogP contribution in [0.3, 0.4) is 0 Å². The lowest BCUT2D eigenvalue weighted by Crippen LogP contribution is -2.13. The van der Waals surface area contributed by atoms with Gasteiger partial charge in [0.05, 0.1) is 22.3 Å². The molecule has 29 heavy (non-hydrogen) atoms. The molecular weight excluding hydrogens is 402 g/mol. The van der Waals surface area contributed by atoms with E-state index in [0.717, 1.165) is 46.5 Å². The minimum atomic E-state index is -0.158. The van der Waals surface area contributed by atoms with Crippen molar-refractivity contribution in [3.8, 4) is 11.3 Å². The number of thiophene rings is 1. The van der Waals surface area contributed by atoms with Gasteiger partial charge in [-0.25, -0.2) is 9.97 Å². The molecule has 0 aliphatic heterocycles. The van der Waals surface area contributed by atoms with Gasteiger partial charge in [-0.05, 0) is 45.7 Å². The summed E-state index contributed by atoms with van der Waals surface area (Å²) in [4.78, 5) is 25.1. The number of nitrogens with one attached hydrogen (secondary N) is 1. The number of fused-ring (bicyclic) bond motifs is 1. The predicted molar refractivity (Wildman–Crippen MR) is 118 cm³/mol. The largest absolute Gasteiger partial charge is 0.298 e. The first-order valence-electron chi connectivity index (χ1n) is 9.59. The number of nitrogens with zero attached hydrogens (tertiary/aromatic N) is 4. The van der Waals surface area contributed by atoms with Gasteiger partial charge < -0.3 is 0 Å². The Morgan fingerprint density at radius 3 is 2.69 bits per heavy atom. The Morgan fingerprint density at radius 1 is 1.21 bits per heavy atom.